The first-order valence-electron chi connectivity index (χ1n) is 7.82. The predicted molar refractivity (Wildman–Crippen MR) is 93.5 cm³/mol. The molecule has 2 rings (SSSR count). The highest BCUT2D eigenvalue weighted by atomic mass is 35.5. The molecule has 0 saturated carbocycles. The van der Waals surface area contributed by atoms with Gasteiger partial charge in [0.25, 0.3) is 0 Å². The van der Waals surface area contributed by atoms with Gasteiger partial charge in [-0.05, 0) is 6.07 Å². The third-order valence-electron chi connectivity index (χ3n) is 4.12. The zero-order valence-electron chi connectivity index (χ0n) is 14.7. The van der Waals surface area contributed by atoms with E-state index in [0.29, 0.717) is 13.1 Å². The number of rotatable bonds is 6. The number of carbonyl (C=O) groups is 1. The van der Waals surface area contributed by atoms with Gasteiger partial charge in [-0.15, -0.1) is 12.4 Å². The Kier molecular flexibility index (Phi) is 8.11. The van der Waals surface area contributed by atoms with Crippen LogP contribution in [0.15, 0.2) is 17.2 Å². The largest absolute Gasteiger partial charge is 0.464 e. The van der Waals surface area contributed by atoms with Gasteiger partial charge in [-0.1, -0.05) is 0 Å². The summed E-state index contributed by atoms with van der Waals surface area (Å²) >= 11 is 0. The molecule has 1 aliphatic rings. The zero-order chi connectivity index (χ0) is 19.5. The quantitative estimate of drug-likeness (QED) is 0.628. The molecule has 0 radical (unpaired) electrons. The van der Waals surface area contributed by atoms with E-state index < -0.39 is 34.8 Å². The number of sulfonamides is 1. The fourth-order valence-corrected chi connectivity index (χ4v) is 3.81. The first-order chi connectivity index (χ1) is 12.1. The molecule has 0 bridgehead atoms. The second-order valence-corrected chi connectivity index (χ2v) is 7.63. The summed E-state index contributed by atoms with van der Waals surface area (Å²) in [6.07, 6.45) is -3.43. The Labute approximate surface area is 161 Å². The molecule has 0 spiro atoms. The van der Waals surface area contributed by atoms with Gasteiger partial charge in [0.15, 0.2) is 0 Å². The highest BCUT2D eigenvalue weighted by Gasteiger charge is 2.44. The van der Waals surface area contributed by atoms with Crippen molar-refractivity contribution < 1.29 is 31.1 Å². The molecule has 1 saturated heterocycles. The van der Waals surface area contributed by atoms with Gasteiger partial charge in [0.2, 0.25) is 10.0 Å². The molecule has 0 aromatic carbocycles. The summed E-state index contributed by atoms with van der Waals surface area (Å²) in [7, 11) is -1.64. The summed E-state index contributed by atoms with van der Waals surface area (Å²) in [5, 5.41) is 2.95. The van der Waals surface area contributed by atoms with Crippen LogP contribution < -0.4 is 10.0 Å². The summed E-state index contributed by atoms with van der Waals surface area (Å²) in [5.74, 6) is -0.747. The average molecular weight is 435 g/mol. The molecule has 13 heteroatoms. The Morgan fingerprint density at radius 2 is 1.96 bits per heavy atom. The first kappa shape index (κ1) is 23.7. The number of aromatic nitrogens is 1. The smallest absolute Gasteiger partial charge is 0.405 e. The number of methoxy groups -OCH3 is 1. The highest BCUT2D eigenvalue weighted by Crippen LogP contribution is 2.25. The molecule has 1 fully saturated rings. The van der Waals surface area contributed by atoms with Crippen LogP contribution in [0.1, 0.15) is 10.5 Å². The normalized spacial score (nSPS) is 17.2. The molecular weight excluding hydrogens is 413 g/mol. The minimum atomic E-state index is -4.58. The predicted octanol–water partition coefficient (Wildman–Crippen LogP) is 0.348. The van der Waals surface area contributed by atoms with Crippen molar-refractivity contribution in [2.24, 2.45) is 7.05 Å². The number of carbonyl (C=O) groups excluding carboxylic acids is 1. The molecule has 8 nitrogen and oxygen atoms in total. The van der Waals surface area contributed by atoms with E-state index in [2.05, 4.69) is 10.1 Å². The third kappa shape index (κ3) is 5.82. The van der Waals surface area contributed by atoms with Crippen LogP contribution >= 0.6 is 12.4 Å². The minimum Gasteiger partial charge on any atom is -0.464 e. The Bertz CT molecular complexity index is 748. The molecule has 2 heterocycles. The number of esters is 1. The van der Waals surface area contributed by atoms with Crippen molar-refractivity contribution in [1.82, 2.24) is 19.5 Å². The van der Waals surface area contributed by atoms with E-state index in [4.69, 9.17) is 0 Å². The van der Waals surface area contributed by atoms with Gasteiger partial charge in [-0.2, -0.15) is 13.2 Å². The van der Waals surface area contributed by atoms with Gasteiger partial charge in [-0.25, -0.2) is 17.9 Å². The van der Waals surface area contributed by atoms with Gasteiger partial charge in [-0.3, -0.25) is 4.90 Å². The fourth-order valence-electron chi connectivity index (χ4n) is 2.71. The lowest BCUT2D eigenvalue weighted by molar-refractivity contribution is -0.182. The summed E-state index contributed by atoms with van der Waals surface area (Å²) < 4.78 is 72.5. The first-order valence-corrected chi connectivity index (χ1v) is 9.30. The maximum atomic E-state index is 13.3. The second-order valence-electron chi connectivity index (χ2n) is 5.86. The van der Waals surface area contributed by atoms with Crippen LogP contribution in [-0.4, -0.2) is 75.9 Å². The maximum Gasteiger partial charge on any atom is 0.405 e. The van der Waals surface area contributed by atoms with E-state index in [-0.39, 0.29) is 36.1 Å². The van der Waals surface area contributed by atoms with E-state index >= 15 is 0 Å². The molecular formula is C14H22ClF3N4O4S. The number of alkyl halides is 3. The highest BCUT2D eigenvalue weighted by molar-refractivity contribution is 7.89. The molecule has 27 heavy (non-hydrogen) atoms. The average Bonchev–Trinajstić information content (AvgIpc) is 2.96. The maximum absolute atomic E-state index is 13.3. The van der Waals surface area contributed by atoms with Crippen LogP contribution in [0.2, 0.25) is 0 Å². The number of aryl methyl sites for hydroxylation is 1. The summed E-state index contributed by atoms with van der Waals surface area (Å²) in [6.45, 7) is 0.336. The van der Waals surface area contributed by atoms with Crippen molar-refractivity contribution in [3.63, 3.8) is 0 Å². The van der Waals surface area contributed by atoms with Crippen molar-refractivity contribution in [3.05, 3.63) is 18.0 Å². The van der Waals surface area contributed by atoms with E-state index in [1.165, 1.54) is 16.5 Å². The lowest BCUT2D eigenvalue weighted by atomic mass is 10.2. The van der Waals surface area contributed by atoms with Gasteiger partial charge in [0.05, 0.1) is 7.11 Å². The molecule has 0 amide bonds. The Morgan fingerprint density at radius 3 is 2.48 bits per heavy atom. The van der Waals surface area contributed by atoms with Crippen molar-refractivity contribution in [3.8, 4) is 0 Å². The van der Waals surface area contributed by atoms with E-state index in [1.54, 1.807) is 0 Å². The second kappa shape index (κ2) is 9.24. The van der Waals surface area contributed by atoms with Crippen LogP contribution in [0.5, 0.6) is 0 Å². The third-order valence-corrected chi connectivity index (χ3v) is 5.51. The molecule has 1 aromatic rings. The molecule has 1 aromatic heterocycles. The summed E-state index contributed by atoms with van der Waals surface area (Å²) in [4.78, 5) is 12.5. The van der Waals surface area contributed by atoms with Crippen molar-refractivity contribution in [2.45, 2.75) is 17.1 Å². The van der Waals surface area contributed by atoms with Crippen LogP contribution in [0.4, 0.5) is 13.2 Å². The van der Waals surface area contributed by atoms with Gasteiger partial charge in [0.1, 0.15) is 16.6 Å². The Hall–Kier alpha value is -1.34. The van der Waals surface area contributed by atoms with Crippen LogP contribution in [0.3, 0.4) is 0 Å². The SMILES string of the molecule is COC(=O)c1cc(S(=O)(=O)NCC(N2CCNCC2)C(F)(F)F)cn1C.Cl. The molecule has 1 aliphatic heterocycles. The standard InChI is InChI=1S/C14H21F3N4O4S.ClH/c1-20-9-10(7-11(20)13(22)25-2)26(23,24)19-8-12(14(15,16)17)21-5-3-18-4-6-21;/h7,9,12,18-19H,3-6,8H2,1-2H3;1H. The molecule has 1 unspecified atom stereocenters. The zero-order valence-corrected chi connectivity index (χ0v) is 16.4. The molecule has 156 valence electrons. The van der Waals surface area contributed by atoms with Crippen molar-refractivity contribution in [2.75, 3.05) is 39.8 Å². The van der Waals surface area contributed by atoms with E-state index in [0.717, 1.165) is 19.4 Å². The number of hydrogen-bond donors (Lipinski definition) is 2. The van der Waals surface area contributed by atoms with Crippen molar-refractivity contribution in [1.29, 1.82) is 0 Å². The van der Waals surface area contributed by atoms with Crippen molar-refractivity contribution >= 4 is 28.4 Å². The Balaban J connectivity index is 0.00000364. The van der Waals surface area contributed by atoms with E-state index in [9.17, 15) is 26.4 Å². The van der Waals surface area contributed by atoms with Crippen LogP contribution in [-0.2, 0) is 21.8 Å². The Morgan fingerprint density at radius 1 is 1.37 bits per heavy atom. The van der Waals surface area contributed by atoms with E-state index in [1.807, 2.05) is 4.72 Å². The summed E-state index contributed by atoms with van der Waals surface area (Å²) in [5.41, 5.74) is -0.0256. The summed E-state index contributed by atoms with van der Waals surface area (Å²) in [6, 6.07) is -0.871. The topological polar surface area (TPSA) is 92.7 Å². The van der Waals surface area contributed by atoms with Gasteiger partial charge >= 0.3 is 12.1 Å². The molecule has 1 atom stereocenters. The van der Waals surface area contributed by atoms with Gasteiger partial charge in [0, 0.05) is 46.0 Å². The van der Waals surface area contributed by atoms with Gasteiger partial charge < -0.3 is 14.6 Å². The van der Waals surface area contributed by atoms with Crippen LogP contribution in [0, 0.1) is 0 Å². The molecule has 0 aliphatic carbocycles. The number of halogens is 4. The number of nitrogens with one attached hydrogen (secondary N) is 2. The fraction of sp³-hybridized carbons (Fsp3) is 0.643. The monoisotopic (exact) mass is 434 g/mol. The molecule has 2 N–H and O–H groups in total. The lowest BCUT2D eigenvalue weighted by Crippen LogP contribution is -2.57. The number of nitrogens with zero attached hydrogens (tertiary/aromatic N) is 2. The number of ether oxygens (including phenoxy) is 1. The number of piperazine rings is 1. The minimum absolute atomic E-state index is 0. The van der Waals surface area contributed by atoms with Crippen LogP contribution in [0.25, 0.3) is 0 Å². The lowest BCUT2D eigenvalue weighted by Gasteiger charge is -2.35. The number of hydrogen-bond acceptors (Lipinski definition) is 6.